The molecule has 0 aromatic carbocycles. The number of hydrogen-bond acceptors (Lipinski definition) is 2. The summed E-state index contributed by atoms with van der Waals surface area (Å²) in [7, 11) is 0. The van der Waals surface area contributed by atoms with E-state index in [1.165, 1.54) is 51.6 Å². The lowest BCUT2D eigenvalue weighted by Crippen LogP contribution is -2.34. The summed E-state index contributed by atoms with van der Waals surface area (Å²) < 4.78 is 0. The van der Waals surface area contributed by atoms with Gasteiger partial charge in [-0.3, -0.25) is 0 Å². The lowest BCUT2D eigenvalue weighted by atomic mass is 9.86. The Kier molecular flexibility index (Phi) is 3.13. The van der Waals surface area contributed by atoms with Gasteiger partial charge in [0.1, 0.15) is 0 Å². The van der Waals surface area contributed by atoms with Crippen LogP contribution in [0.1, 0.15) is 45.4 Å². The summed E-state index contributed by atoms with van der Waals surface area (Å²) in [5.74, 6) is 0.848. The van der Waals surface area contributed by atoms with Crippen molar-refractivity contribution in [2.75, 3.05) is 13.1 Å². The average Bonchev–Trinajstić information content (AvgIpc) is 2.84. The van der Waals surface area contributed by atoms with Crippen LogP contribution >= 0.6 is 0 Å². The summed E-state index contributed by atoms with van der Waals surface area (Å²) >= 11 is 0. The van der Waals surface area contributed by atoms with Gasteiger partial charge in [-0.15, -0.1) is 0 Å². The first-order valence-electron chi connectivity index (χ1n) is 6.14. The van der Waals surface area contributed by atoms with Crippen LogP contribution in [0.15, 0.2) is 0 Å². The van der Waals surface area contributed by atoms with Crippen molar-refractivity contribution in [1.29, 1.82) is 0 Å². The molecule has 0 saturated heterocycles. The van der Waals surface area contributed by atoms with Gasteiger partial charge in [-0.2, -0.15) is 0 Å². The number of rotatable bonds is 4. The number of nitrogens with one attached hydrogen (secondary N) is 1. The second-order valence-electron chi connectivity index (χ2n) is 5.73. The highest BCUT2D eigenvalue weighted by Gasteiger charge is 2.36. The van der Waals surface area contributed by atoms with Crippen LogP contribution in [0.2, 0.25) is 0 Å². The van der Waals surface area contributed by atoms with Crippen LogP contribution < -0.4 is 11.1 Å². The summed E-state index contributed by atoms with van der Waals surface area (Å²) in [5, 5.41) is 3.62. The Labute approximate surface area is 87.6 Å². The molecule has 82 valence electrons. The standard InChI is InChI=1S/C12H24N2/c1-12(5-6-12)9-14-8-10-3-2-4-11(13)7-10/h10-11,14H,2-9,13H2,1H3. The van der Waals surface area contributed by atoms with Gasteiger partial charge in [0.2, 0.25) is 0 Å². The zero-order chi connectivity index (χ0) is 10.0. The molecule has 2 rings (SSSR count). The summed E-state index contributed by atoms with van der Waals surface area (Å²) in [6, 6.07) is 0.479. The lowest BCUT2D eigenvalue weighted by Gasteiger charge is -2.27. The van der Waals surface area contributed by atoms with Crippen molar-refractivity contribution in [1.82, 2.24) is 5.32 Å². The maximum absolute atomic E-state index is 5.97. The van der Waals surface area contributed by atoms with Crippen molar-refractivity contribution in [3.05, 3.63) is 0 Å². The average molecular weight is 196 g/mol. The molecular formula is C12H24N2. The van der Waals surface area contributed by atoms with E-state index in [0.717, 1.165) is 5.92 Å². The quantitative estimate of drug-likeness (QED) is 0.720. The van der Waals surface area contributed by atoms with Gasteiger partial charge >= 0.3 is 0 Å². The molecule has 0 spiro atoms. The van der Waals surface area contributed by atoms with Crippen LogP contribution in [0.3, 0.4) is 0 Å². The highest BCUT2D eigenvalue weighted by molar-refractivity contribution is 4.90. The molecule has 3 N–H and O–H groups in total. The third kappa shape index (κ3) is 2.96. The summed E-state index contributed by atoms with van der Waals surface area (Å²) in [6.45, 7) is 4.80. The first kappa shape index (κ1) is 10.4. The smallest absolute Gasteiger partial charge is 0.00419 e. The Hall–Kier alpha value is -0.0800. The minimum Gasteiger partial charge on any atom is -0.328 e. The topological polar surface area (TPSA) is 38.0 Å². The highest BCUT2D eigenvalue weighted by atomic mass is 14.9. The Morgan fingerprint density at radius 1 is 1.36 bits per heavy atom. The van der Waals surface area contributed by atoms with Gasteiger partial charge in [0.15, 0.2) is 0 Å². The first-order valence-corrected chi connectivity index (χ1v) is 6.14. The number of hydrogen-bond donors (Lipinski definition) is 2. The van der Waals surface area contributed by atoms with Crippen LogP contribution in [0.5, 0.6) is 0 Å². The van der Waals surface area contributed by atoms with Gasteiger partial charge in [-0.1, -0.05) is 13.3 Å². The van der Waals surface area contributed by atoms with Gasteiger partial charge < -0.3 is 11.1 Å². The predicted octanol–water partition coefficient (Wildman–Crippen LogP) is 1.89. The molecule has 0 aromatic heterocycles. The van der Waals surface area contributed by atoms with Crippen molar-refractivity contribution < 1.29 is 0 Å². The Bertz CT molecular complexity index is 187. The molecule has 0 aliphatic heterocycles. The molecule has 0 bridgehead atoms. The maximum atomic E-state index is 5.97. The molecule has 0 amide bonds. The van der Waals surface area contributed by atoms with E-state index in [2.05, 4.69) is 12.2 Å². The van der Waals surface area contributed by atoms with Crippen LogP contribution in [-0.2, 0) is 0 Å². The summed E-state index contributed by atoms with van der Waals surface area (Å²) in [4.78, 5) is 0. The minimum absolute atomic E-state index is 0.479. The molecule has 2 aliphatic carbocycles. The fraction of sp³-hybridized carbons (Fsp3) is 1.00. The van der Waals surface area contributed by atoms with Crippen molar-refractivity contribution >= 4 is 0 Å². The van der Waals surface area contributed by atoms with Crippen LogP contribution in [0.4, 0.5) is 0 Å². The molecule has 2 atom stereocenters. The largest absolute Gasteiger partial charge is 0.328 e. The molecule has 2 unspecified atom stereocenters. The van der Waals surface area contributed by atoms with Crippen molar-refractivity contribution in [2.24, 2.45) is 17.1 Å². The van der Waals surface area contributed by atoms with Crippen molar-refractivity contribution in [2.45, 2.75) is 51.5 Å². The third-order valence-electron chi connectivity index (χ3n) is 3.91. The summed E-state index contributed by atoms with van der Waals surface area (Å²) in [6.07, 6.45) is 8.05. The lowest BCUT2D eigenvalue weighted by molar-refractivity contribution is 0.304. The van der Waals surface area contributed by atoms with E-state index in [-0.39, 0.29) is 0 Å². The fourth-order valence-corrected chi connectivity index (χ4v) is 2.49. The SMILES string of the molecule is CC1(CNCC2CCCC(N)C2)CC1. The second kappa shape index (κ2) is 4.19. The molecule has 0 heterocycles. The zero-order valence-corrected chi connectivity index (χ0v) is 9.39. The van der Waals surface area contributed by atoms with E-state index in [9.17, 15) is 0 Å². The van der Waals surface area contributed by atoms with E-state index in [0.29, 0.717) is 11.5 Å². The first-order chi connectivity index (χ1) is 6.68. The monoisotopic (exact) mass is 196 g/mol. The third-order valence-corrected chi connectivity index (χ3v) is 3.91. The molecule has 0 aromatic rings. The van der Waals surface area contributed by atoms with E-state index in [1.54, 1.807) is 0 Å². The van der Waals surface area contributed by atoms with Gasteiger partial charge in [0.25, 0.3) is 0 Å². The van der Waals surface area contributed by atoms with E-state index in [4.69, 9.17) is 5.73 Å². The molecule has 2 aliphatic rings. The predicted molar refractivity (Wildman–Crippen MR) is 60.1 cm³/mol. The number of nitrogens with two attached hydrogens (primary N) is 1. The Morgan fingerprint density at radius 2 is 2.14 bits per heavy atom. The van der Waals surface area contributed by atoms with Crippen molar-refractivity contribution in [3.63, 3.8) is 0 Å². The van der Waals surface area contributed by atoms with Gasteiger partial charge in [-0.25, -0.2) is 0 Å². The summed E-state index contributed by atoms with van der Waals surface area (Å²) in [5.41, 5.74) is 6.62. The van der Waals surface area contributed by atoms with Gasteiger partial charge in [0, 0.05) is 12.6 Å². The van der Waals surface area contributed by atoms with Crippen LogP contribution in [-0.4, -0.2) is 19.1 Å². The molecule has 14 heavy (non-hydrogen) atoms. The van der Waals surface area contributed by atoms with Crippen LogP contribution in [0, 0.1) is 11.3 Å². The Morgan fingerprint density at radius 3 is 2.79 bits per heavy atom. The van der Waals surface area contributed by atoms with E-state index < -0.39 is 0 Å². The molecule has 2 heteroatoms. The fourth-order valence-electron chi connectivity index (χ4n) is 2.49. The van der Waals surface area contributed by atoms with Crippen molar-refractivity contribution in [3.8, 4) is 0 Å². The van der Waals surface area contributed by atoms with Crippen LogP contribution in [0.25, 0.3) is 0 Å². The normalized spacial score (nSPS) is 35.6. The second-order valence-corrected chi connectivity index (χ2v) is 5.73. The minimum atomic E-state index is 0.479. The zero-order valence-electron chi connectivity index (χ0n) is 9.39. The van der Waals surface area contributed by atoms with Gasteiger partial charge in [0.05, 0.1) is 0 Å². The van der Waals surface area contributed by atoms with Gasteiger partial charge in [-0.05, 0) is 50.0 Å². The molecule has 0 radical (unpaired) electrons. The Balaban J connectivity index is 1.60. The molecule has 2 saturated carbocycles. The molecule has 2 nitrogen and oxygen atoms in total. The van der Waals surface area contributed by atoms with E-state index >= 15 is 0 Å². The molecular weight excluding hydrogens is 172 g/mol. The van der Waals surface area contributed by atoms with E-state index in [1.807, 2.05) is 0 Å². The highest BCUT2D eigenvalue weighted by Crippen LogP contribution is 2.44. The maximum Gasteiger partial charge on any atom is 0.00419 e. The molecule has 2 fully saturated rings.